The molecule has 0 unspecified atom stereocenters. The molecular formula is Cl12Si5. The second-order valence-corrected chi connectivity index (χ2v) is 73.4. The molecule has 0 radical (unpaired) electrons. The van der Waals surface area contributed by atoms with Crippen LogP contribution >= 0.6 is 133 Å². The Labute approximate surface area is 159 Å². The SMILES string of the molecule is Cl[Si](Cl)(Cl)[Si](Cl)(Cl)[Si](Cl)(Cl)[Si](Cl)(Cl)[Si](Cl)(Cl)Cl. The standard InChI is InChI=1S/Cl12Si5/c1-13(2,3)15(7,8)17(11,12)16(9,10)14(4,5)6. The molecule has 0 aromatic rings. The topological polar surface area (TPSA) is 0 Å². The van der Waals surface area contributed by atoms with Gasteiger partial charge in [0.2, 0.25) is 0 Å². The van der Waals surface area contributed by atoms with Gasteiger partial charge in [0.05, 0.1) is 0 Å². The van der Waals surface area contributed by atoms with E-state index in [2.05, 4.69) is 0 Å². The maximum Gasteiger partial charge on any atom is 0.358 e. The van der Waals surface area contributed by atoms with Gasteiger partial charge in [-0.25, -0.2) is 0 Å². The monoisotopic (exact) mass is 560 g/mol. The summed E-state index contributed by atoms with van der Waals surface area (Å²) in [4.78, 5) is 0. The Bertz CT molecular complexity index is 250. The van der Waals surface area contributed by atoms with Crippen molar-refractivity contribution in [2.24, 2.45) is 0 Å². The van der Waals surface area contributed by atoms with Crippen LogP contribution in [0.3, 0.4) is 0 Å². The smallest absolute Gasteiger partial charge is 0.148 e. The molecular weight excluding hydrogens is 566 g/mol. The number of rotatable bonds is 4. The van der Waals surface area contributed by atoms with Crippen molar-refractivity contribution >= 4 is 161 Å². The van der Waals surface area contributed by atoms with Gasteiger partial charge >= 0.3 is 22.5 Å². The van der Waals surface area contributed by atoms with E-state index >= 15 is 0 Å². The van der Waals surface area contributed by atoms with Crippen LogP contribution in [0.15, 0.2) is 0 Å². The Balaban J connectivity index is 5.73. The first-order valence-corrected chi connectivity index (χ1v) is 29.4. The van der Waals surface area contributed by atoms with E-state index in [4.69, 9.17) is 133 Å². The Morgan fingerprint density at radius 1 is 0.294 bits per heavy atom. The highest BCUT2D eigenvalue weighted by atomic mass is 35.9. The predicted molar refractivity (Wildman–Crippen MR) is 99.0 cm³/mol. The molecule has 0 bridgehead atoms. The fourth-order valence-corrected chi connectivity index (χ4v) is 134. The molecule has 104 valence electrons. The molecule has 0 nitrogen and oxygen atoms in total. The molecule has 17 heteroatoms. The molecule has 0 saturated heterocycles. The Kier molecular flexibility index (Phi) is 8.36. The van der Waals surface area contributed by atoms with Gasteiger partial charge in [0.25, 0.3) is 5.73 Å². The van der Waals surface area contributed by atoms with Gasteiger partial charge in [0.1, 0.15) is 0 Å². The van der Waals surface area contributed by atoms with E-state index in [1.807, 2.05) is 0 Å². The van der Waals surface area contributed by atoms with Crippen molar-refractivity contribution in [1.82, 2.24) is 0 Å². The van der Waals surface area contributed by atoms with Crippen molar-refractivity contribution in [1.29, 1.82) is 0 Å². The summed E-state index contributed by atoms with van der Waals surface area (Å²) in [5.74, 6) is 0. The highest BCUT2D eigenvalue weighted by molar-refractivity contribution is 8.37. The fraction of sp³-hybridized carbons (Fsp3) is 0. The Morgan fingerprint density at radius 2 is 0.471 bits per heavy atom. The van der Waals surface area contributed by atoms with Gasteiger partial charge in [-0.2, -0.15) is 0 Å². The zero-order valence-corrected chi connectivity index (χ0v) is 21.1. The van der Waals surface area contributed by atoms with Crippen LogP contribution in [0.2, 0.25) is 0 Å². The molecule has 0 aliphatic carbocycles. The molecule has 0 aliphatic heterocycles. The molecule has 0 saturated carbocycles. The predicted octanol–water partition coefficient (Wildman–Crippen LogP) is 6.37. The summed E-state index contributed by atoms with van der Waals surface area (Å²) >= 11 is 71.3. The molecule has 17 heavy (non-hydrogen) atoms. The third-order valence-electron chi connectivity index (χ3n) is 1.50. The molecule has 0 atom stereocenters. The van der Waals surface area contributed by atoms with Gasteiger partial charge in [-0.05, 0) is 0 Å². The number of hydrogen-bond acceptors (Lipinski definition) is 0. The van der Waals surface area contributed by atoms with Gasteiger partial charge in [0.15, 0.2) is 0 Å². The summed E-state index contributed by atoms with van der Waals surface area (Å²) in [7, 11) is 0. The lowest BCUT2D eigenvalue weighted by atomic mass is 26.1. The molecule has 0 aromatic heterocycles. The van der Waals surface area contributed by atoms with Gasteiger partial charge in [0, 0.05) is 0 Å². The summed E-state index contributed by atoms with van der Waals surface area (Å²) in [6.07, 6.45) is 0. The lowest BCUT2D eigenvalue weighted by Gasteiger charge is -2.39. The molecule has 0 spiro atoms. The zero-order chi connectivity index (χ0) is 14.5. The van der Waals surface area contributed by atoms with Crippen molar-refractivity contribution in [2.75, 3.05) is 0 Å². The maximum atomic E-state index is 6.15. The molecule has 0 fully saturated rings. The summed E-state index contributed by atoms with van der Waals surface area (Å²) in [6.45, 7) is 0. The van der Waals surface area contributed by atoms with Crippen LogP contribution < -0.4 is 0 Å². The normalized spacial score (nSPS) is 16.2. The first-order chi connectivity index (χ1) is 7.00. The molecule has 0 aliphatic rings. The van der Waals surface area contributed by atoms with Gasteiger partial charge in [-0.1, -0.05) is 0 Å². The summed E-state index contributed by atoms with van der Waals surface area (Å²) in [6, 6.07) is 0. The van der Waals surface area contributed by atoms with Crippen LogP contribution in [-0.2, 0) is 0 Å². The average Bonchev–Trinajstić information content (AvgIpc) is 1.98. The number of halogens is 12. The second-order valence-electron chi connectivity index (χ2n) is 2.72. The van der Waals surface area contributed by atoms with Crippen molar-refractivity contribution < 1.29 is 0 Å². The van der Waals surface area contributed by atoms with Crippen LogP contribution in [0.5, 0.6) is 0 Å². The van der Waals surface area contributed by atoms with Gasteiger partial charge < -0.3 is 0 Å². The molecule has 0 amide bonds. The average molecular weight is 566 g/mol. The minimum absolute atomic E-state index is 3.61. The summed E-state index contributed by atoms with van der Waals surface area (Å²) in [5.41, 5.74) is -18.5. The lowest BCUT2D eigenvalue weighted by Crippen LogP contribution is -2.75. The van der Waals surface area contributed by atoms with E-state index in [9.17, 15) is 0 Å². The zero-order valence-electron chi connectivity index (χ0n) is 7.04. The summed E-state index contributed by atoms with van der Waals surface area (Å²) in [5, 5.41) is 0. The Hall–Kier alpha value is 4.56. The highest BCUT2D eigenvalue weighted by Gasteiger charge is 2.81. The Morgan fingerprint density at radius 3 is 0.588 bits per heavy atom. The van der Waals surface area contributed by atoms with E-state index in [1.54, 1.807) is 0 Å². The molecule has 0 rings (SSSR count). The maximum absolute atomic E-state index is 6.15. The second kappa shape index (κ2) is 6.59. The third-order valence-corrected chi connectivity index (χ3v) is 122. The first-order valence-electron chi connectivity index (χ1n) is 3.27. The minimum atomic E-state index is -3.81. The van der Waals surface area contributed by atoms with Crippen LogP contribution in [0.25, 0.3) is 0 Å². The molecule has 0 heterocycles. The third kappa shape index (κ3) is 4.31. The van der Waals surface area contributed by atoms with Crippen molar-refractivity contribution in [2.45, 2.75) is 0 Å². The van der Waals surface area contributed by atoms with E-state index in [-0.39, 0.29) is 0 Å². The van der Waals surface area contributed by atoms with E-state index < -0.39 is 28.2 Å². The van der Waals surface area contributed by atoms with Crippen molar-refractivity contribution in [3.8, 4) is 0 Å². The van der Waals surface area contributed by atoms with E-state index in [0.29, 0.717) is 0 Å². The molecule has 0 N–H and O–H groups in total. The van der Waals surface area contributed by atoms with Crippen molar-refractivity contribution in [3.63, 3.8) is 0 Å². The number of hydrogen-bond donors (Lipinski definition) is 0. The first kappa shape index (κ1) is 21.6. The molecule has 0 aromatic carbocycles. The lowest BCUT2D eigenvalue weighted by molar-refractivity contribution is 3.20. The van der Waals surface area contributed by atoms with Crippen molar-refractivity contribution in [3.05, 3.63) is 0 Å². The van der Waals surface area contributed by atoms with Crippen LogP contribution in [-0.4, -0.2) is 28.2 Å². The minimum Gasteiger partial charge on any atom is -0.148 e. The highest BCUT2D eigenvalue weighted by Crippen LogP contribution is 2.56. The van der Waals surface area contributed by atoms with Crippen LogP contribution in [0, 0.1) is 0 Å². The van der Waals surface area contributed by atoms with E-state index in [0.717, 1.165) is 0 Å². The van der Waals surface area contributed by atoms with Gasteiger partial charge in [-0.3, -0.25) is 0 Å². The fourth-order valence-electron chi connectivity index (χ4n) is 0.553. The largest absolute Gasteiger partial charge is 0.358 e. The quantitative estimate of drug-likeness (QED) is 0.275. The van der Waals surface area contributed by atoms with Crippen LogP contribution in [0.1, 0.15) is 0 Å². The summed E-state index contributed by atoms with van der Waals surface area (Å²) < 4.78 is 0. The van der Waals surface area contributed by atoms with E-state index in [1.165, 1.54) is 0 Å². The van der Waals surface area contributed by atoms with Gasteiger partial charge in [-0.15, -0.1) is 133 Å². The van der Waals surface area contributed by atoms with Crippen LogP contribution in [0.4, 0.5) is 0 Å².